The molecule has 1 atom stereocenters. The third-order valence-corrected chi connectivity index (χ3v) is 4.90. The molecule has 20 heavy (non-hydrogen) atoms. The molecule has 4 heteroatoms. The summed E-state index contributed by atoms with van der Waals surface area (Å²) in [7, 11) is 0. The predicted molar refractivity (Wildman–Crippen MR) is 84.1 cm³/mol. The zero-order valence-corrected chi connectivity index (χ0v) is 11.8. The molecule has 0 spiro atoms. The van der Waals surface area contributed by atoms with Crippen LogP contribution >= 0.6 is 11.8 Å². The number of aromatic amines is 1. The van der Waals surface area contributed by atoms with Crippen LogP contribution < -0.4 is 5.73 Å². The lowest BCUT2D eigenvalue weighted by Crippen LogP contribution is -2.18. The highest BCUT2D eigenvalue weighted by Crippen LogP contribution is 2.38. The van der Waals surface area contributed by atoms with Gasteiger partial charge in [0.1, 0.15) is 0 Å². The third-order valence-electron chi connectivity index (χ3n) is 3.87. The van der Waals surface area contributed by atoms with Crippen molar-refractivity contribution in [3.05, 3.63) is 53.6 Å². The second-order valence-corrected chi connectivity index (χ2v) is 6.24. The average molecular weight is 281 g/mol. The van der Waals surface area contributed by atoms with Gasteiger partial charge in [0.25, 0.3) is 0 Å². The molecule has 3 nitrogen and oxygen atoms in total. The van der Waals surface area contributed by atoms with Gasteiger partial charge >= 0.3 is 0 Å². The Labute approximate surface area is 121 Å². The van der Waals surface area contributed by atoms with Gasteiger partial charge in [0.15, 0.2) is 5.16 Å². The van der Waals surface area contributed by atoms with Crippen molar-refractivity contribution < 1.29 is 0 Å². The number of imidazole rings is 1. The number of hydrogen-bond donors (Lipinski definition) is 2. The highest BCUT2D eigenvalue weighted by atomic mass is 32.2. The molecule has 4 rings (SSSR count). The highest BCUT2D eigenvalue weighted by Gasteiger charge is 2.25. The van der Waals surface area contributed by atoms with Gasteiger partial charge in [-0.25, -0.2) is 4.98 Å². The molecule has 1 heterocycles. The first-order valence-electron chi connectivity index (χ1n) is 6.75. The van der Waals surface area contributed by atoms with Crippen LogP contribution in [0.4, 0.5) is 5.69 Å². The summed E-state index contributed by atoms with van der Waals surface area (Å²) in [5, 5.41) is 0.981. The fraction of sp³-hybridized carbons (Fsp3) is 0.188. The molecule has 0 bridgehead atoms. The molecule has 100 valence electrons. The SMILES string of the molecule is Nc1ccc2nc(SCC3Cc4ccccc43)[nH]c2c1. The zero-order chi connectivity index (χ0) is 13.5. The van der Waals surface area contributed by atoms with E-state index in [9.17, 15) is 0 Å². The van der Waals surface area contributed by atoms with E-state index in [4.69, 9.17) is 5.73 Å². The molecular formula is C16H15N3S. The van der Waals surface area contributed by atoms with Gasteiger partial charge in [0.2, 0.25) is 0 Å². The minimum Gasteiger partial charge on any atom is -0.399 e. The lowest BCUT2D eigenvalue weighted by atomic mass is 9.79. The molecule has 0 radical (unpaired) electrons. The summed E-state index contributed by atoms with van der Waals surface area (Å²) < 4.78 is 0. The first-order valence-corrected chi connectivity index (χ1v) is 7.74. The van der Waals surface area contributed by atoms with Crippen LogP contribution in [0.3, 0.4) is 0 Å². The maximum absolute atomic E-state index is 5.78. The number of hydrogen-bond acceptors (Lipinski definition) is 3. The average Bonchev–Trinajstić information content (AvgIpc) is 2.81. The predicted octanol–water partition coefficient (Wildman–Crippen LogP) is 3.58. The van der Waals surface area contributed by atoms with Crippen LogP contribution in [0, 0.1) is 0 Å². The quantitative estimate of drug-likeness (QED) is 0.570. The molecular weight excluding hydrogens is 266 g/mol. The molecule has 0 saturated heterocycles. The summed E-state index contributed by atoms with van der Waals surface area (Å²) in [4.78, 5) is 7.93. The molecule has 1 aliphatic rings. The van der Waals surface area contributed by atoms with E-state index in [2.05, 4.69) is 34.2 Å². The molecule has 3 aromatic rings. The number of rotatable bonds is 3. The number of benzene rings is 2. The Morgan fingerprint density at radius 3 is 3.05 bits per heavy atom. The van der Waals surface area contributed by atoms with Gasteiger partial charge in [0, 0.05) is 11.4 Å². The van der Waals surface area contributed by atoms with Crippen LogP contribution in [0.5, 0.6) is 0 Å². The number of nitrogens with zero attached hydrogens (tertiary/aromatic N) is 1. The van der Waals surface area contributed by atoms with Gasteiger partial charge in [0.05, 0.1) is 11.0 Å². The molecule has 1 aliphatic carbocycles. The second kappa shape index (κ2) is 4.56. The molecule has 1 unspecified atom stereocenters. The summed E-state index contributed by atoms with van der Waals surface area (Å²) in [6.45, 7) is 0. The Bertz CT molecular complexity index is 778. The molecule has 0 saturated carbocycles. The number of nitrogens with one attached hydrogen (secondary N) is 1. The number of thioether (sulfide) groups is 1. The van der Waals surface area contributed by atoms with Crippen molar-refractivity contribution in [3.63, 3.8) is 0 Å². The normalized spacial score (nSPS) is 16.9. The van der Waals surface area contributed by atoms with Gasteiger partial charge in [-0.1, -0.05) is 36.0 Å². The van der Waals surface area contributed by atoms with Crippen molar-refractivity contribution in [2.75, 3.05) is 11.5 Å². The summed E-state index contributed by atoms with van der Waals surface area (Å²) in [6, 6.07) is 14.5. The van der Waals surface area contributed by atoms with Crippen LogP contribution in [-0.2, 0) is 6.42 Å². The second-order valence-electron chi connectivity index (χ2n) is 5.23. The summed E-state index contributed by atoms with van der Waals surface area (Å²) in [5.41, 5.74) is 11.5. The van der Waals surface area contributed by atoms with E-state index < -0.39 is 0 Å². The summed E-state index contributed by atoms with van der Waals surface area (Å²) >= 11 is 1.79. The largest absolute Gasteiger partial charge is 0.399 e. The van der Waals surface area contributed by atoms with Crippen LogP contribution in [-0.4, -0.2) is 15.7 Å². The highest BCUT2D eigenvalue weighted by molar-refractivity contribution is 7.99. The van der Waals surface area contributed by atoms with Crippen molar-refractivity contribution >= 4 is 28.5 Å². The Balaban J connectivity index is 1.49. The maximum Gasteiger partial charge on any atom is 0.166 e. The van der Waals surface area contributed by atoms with Crippen LogP contribution in [0.25, 0.3) is 11.0 Å². The van der Waals surface area contributed by atoms with Crippen LogP contribution in [0.1, 0.15) is 17.0 Å². The van der Waals surface area contributed by atoms with Crippen molar-refractivity contribution in [3.8, 4) is 0 Å². The van der Waals surface area contributed by atoms with E-state index in [0.717, 1.165) is 27.6 Å². The van der Waals surface area contributed by atoms with E-state index >= 15 is 0 Å². The number of nitrogen functional groups attached to an aromatic ring is 1. The minimum absolute atomic E-state index is 0.662. The molecule has 0 amide bonds. The summed E-state index contributed by atoms with van der Waals surface area (Å²) in [6.07, 6.45) is 1.19. The Hall–Kier alpha value is -1.94. The molecule has 3 N–H and O–H groups in total. The van der Waals surface area contributed by atoms with E-state index in [0.29, 0.717) is 5.92 Å². The van der Waals surface area contributed by atoms with Gasteiger partial charge in [-0.15, -0.1) is 0 Å². The van der Waals surface area contributed by atoms with E-state index in [-0.39, 0.29) is 0 Å². The summed E-state index contributed by atoms with van der Waals surface area (Å²) in [5.74, 6) is 1.74. The minimum atomic E-state index is 0.662. The van der Waals surface area contributed by atoms with Gasteiger partial charge in [-0.05, 0) is 41.7 Å². The molecule has 2 aromatic carbocycles. The number of fused-ring (bicyclic) bond motifs is 2. The first-order chi connectivity index (χ1) is 9.79. The lowest BCUT2D eigenvalue weighted by molar-refractivity contribution is 0.676. The topological polar surface area (TPSA) is 54.7 Å². The van der Waals surface area contributed by atoms with Crippen LogP contribution in [0.15, 0.2) is 47.6 Å². The fourth-order valence-electron chi connectivity index (χ4n) is 2.76. The van der Waals surface area contributed by atoms with Crippen molar-refractivity contribution in [2.24, 2.45) is 0 Å². The van der Waals surface area contributed by atoms with E-state index in [1.165, 1.54) is 17.5 Å². The monoisotopic (exact) mass is 281 g/mol. The molecule has 0 aliphatic heterocycles. The zero-order valence-electron chi connectivity index (χ0n) is 11.0. The number of aromatic nitrogens is 2. The first kappa shape index (κ1) is 11.9. The Morgan fingerprint density at radius 2 is 2.15 bits per heavy atom. The van der Waals surface area contributed by atoms with Gasteiger partial charge in [-0.2, -0.15) is 0 Å². The van der Waals surface area contributed by atoms with Crippen LogP contribution in [0.2, 0.25) is 0 Å². The van der Waals surface area contributed by atoms with E-state index in [1.807, 2.05) is 18.2 Å². The number of anilines is 1. The molecule has 0 fully saturated rings. The fourth-order valence-corrected chi connectivity index (χ4v) is 3.76. The van der Waals surface area contributed by atoms with Gasteiger partial charge in [-0.3, -0.25) is 0 Å². The lowest BCUT2D eigenvalue weighted by Gasteiger charge is -2.29. The van der Waals surface area contributed by atoms with Crippen molar-refractivity contribution in [1.29, 1.82) is 0 Å². The van der Waals surface area contributed by atoms with Crippen molar-refractivity contribution in [2.45, 2.75) is 17.5 Å². The van der Waals surface area contributed by atoms with E-state index in [1.54, 1.807) is 11.8 Å². The standard InChI is InChI=1S/C16H15N3S/c17-12-5-6-14-15(8-12)19-16(18-14)20-9-11-7-10-3-1-2-4-13(10)11/h1-6,8,11H,7,9,17H2,(H,18,19). The third kappa shape index (κ3) is 1.96. The van der Waals surface area contributed by atoms with Gasteiger partial charge < -0.3 is 10.7 Å². The Morgan fingerprint density at radius 1 is 1.25 bits per heavy atom. The molecule has 1 aromatic heterocycles. The Kier molecular flexibility index (Phi) is 2.70. The number of nitrogens with two attached hydrogens (primary N) is 1. The number of H-pyrrole nitrogens is 1. The van der Waals surface area contributed by atoms with Crippen molar-refractivity contribution in [1.82, 2.24) is 9.97 Å². The maximum atomic E-state index is 5.78. The smallest absolute Gasteiger partial charge is 0.166 e.